The molecule has 0 spiro atoms. The number of nitrogens with zero attached hydrogens (tertiary/aromatic N) is 1. The van der Waals surface area contributed by atoms with Gasteiger partial charge in [0.2, 0.25) is 5.91 Å². The van der Waals surface area contributed by atoms with Gasteiger partial charge in [0, 0.05) is 13.0 Å². The fraction of sp³-hybridized carbons (Fsp3) is 0.947. The Morgan fingerprint density at radius 2 is 2.00 bits per heavy atom. The van der Waals surface area contributed by atoms with Gasteiger partial charge in [-0.2, -0.15) is 0 Å². The maximum atomic E-state index is 12.5. The standard InChI is InChI=1S/C19H32BNO3/c1-6-8-16(22)21-10-7-9-15(21)20-23-18(4)12-13-11-14(17(13,2)3)19(18,5)24-20/h13-15H,6-12H2,1-5H3. The molecule has 0 N–H and O–H groups in total. The van der Waals surface area contributed by atoms with Crippen molar-refractivity contribution in [3.63, 3.8) is 0 Å². The zero-order chi connectivity index (χ0) is 17.3. The molecule has 5 fully saturated rings. The molecule has 0 aromatic rings. The minimum Gasteiger partial charge on any atom is -0.402 e. The highest BCUT2D eigenvalue weighted by atomic mass is 16.7. The van der Waals surface area contributed by atoms with E-state index in [0.29, 0.717) is 17.8 Å². The molecule has 5 aliphatic rings. The summed E-state index contributed by atoms with van der Waals surface area (Å²) >= 11 is 0. The van der Waals surface area contributed by atoms with Crippen molar-refractivity contribution in [3.8, 4) is 0 Å². The van der Waals surface area contributed by atoms with Gasteiger partial charge in [0.05, 0.1) is 17.1 Å². The van der Waals surface area contributed by atoms with E-state index in [1.54, 1.807) is 0 Å². The Bertz CT molecular complexity index is 553. The fourth-order valence-corrected chi connectivity index (χ4v) is 6.13. The molecular weight excluding hydrogens is 301 g/mol. The topological polar surface area (TPSA) is 38.8 Å². The summed E-state index contributed by atoms with van der Waals surface area (Å²) in [6.45, 7) is 12.2. The summed E-state index contributed by atoms with van der Waals surface area (Å²) in [5, 5.41) is 0. The van der Waals surface area contributed by atoms with Crippen molar-refractivity contribution in [1.29, 1.82) is 0 Å². The molecule has 1 amide bonds. The molecule has 0 aromatic carbocycles. The van der Waals surface area contributed by atoms with Crippen LogP contribution >= 0.6 is 0 Å². The predicted molar refractivity (Wildman–Crippen MR) is 94.4 cm³/mol. The Hall–Kier alpha value is -0.545. The van der Waals surface area contributed by atoms with Crippen LogP contribution in [0.25, 0.3) is 0 Å². The average molecular weight is 333 g/mol. The maximum Gasteiger partial charge on any atom is 0.482 e. The molecule has 5 atom stereocenters. The molecule has 5 rings (SSSR count). The third kappa shape index (κ3) is 2.03. The van der Waals surface area contributed by atoms with Crippen molar-refractivity contribution in [2.75, 3.05) is 6.54 Å². The van der Waals surface area contributed by atoms with E-state index in [4.69, 9.17) is 9.31 Å². The first-order chi connectivity index (χ1) is 11.2. The smallest absolute Gasteiger partial charge is 0.402 e. The molecule has 3 saturated carbocycles. The van der Waals surface area contributed by atoms with Crippen molar-refractivity contribution in [2.24, 2.45) is 17.3 Å². The lowest BCUT2D eigenvalue weighted by Crippen LogP contribution is -2.70. The summed E-state index contributed by atoms with van der Waals surface area (Å²) in [4.78, 5) is 14.5. The number of rotatable bonds is 3. The van der Waals surface area contributed by atoms with Crippen molar-refractivity contribution in [3.05, 3.63) is 0 Å². The molecule has 5 heteroatoms. The second-order valence-electron chi connectivity index (χ2n) is 9.50. The first-order valence-electron chi connectivity index (χ1n) is 9.88. The van der Waals surface area contributed by atoms with Gasteiger partial charge in [0.1, 0.15) is 0 Å². The van der Waals surface area contributed by atoms with Gasteiger partial charge in [-0.15, -0.1) is 0 Å². The molecule has 2 aliphatic heterocycles. The van der Waals surface area contributed by atoms with Gasteiger partial charge in [0.25, 0.3) is 0 Å². The first-order valence-corrected chi connectivity index (χ1v) is 9.88. The Morgan fingerprint density at radius 1 is 1.25 bits per heavy atom. The van der Waals surface area contributed by atoms with Crippen LogP contribution in [-0.4, -0.2) is 41.6 Å². The van der Waals surface area contributed by atoms with E-state index in [9.17, 15) is 4.79 Å². The van der Waals surface area contributed by atoms with Crippen molar-refractivity contribution >= 4 is 13.0 Å². The minimum absolute atomic E-state index is 0.101. The number of carbonyl (C=O) groups excluding carboxylic acids is 1. The number of hydrogen-bond donors (Lipinski definition) is 0. The van der Waals surface area contributed by atoms with E-state index < -0.39 is 0 Å². The van der Waals surface area contributed by atoms with E-state index in [-0.39, 0.29) is 30.2 Å². The van der Waals surface area contributed by atoms with Gasteiger partial charge >= 0.3 is 7.12 Å². The summed E-state index contributed by atoms with van der Waals surface area (Å²) in [7, 11) is -0.251. The molecule has 0 radical (unpaired) electrons. The highest BCUT2D eigenvalue weighted by Gasteiger charge is 2.73. The summed E-state index contributed by atoms with van der Waals surface area (Å²) in [6.07, 6.45) is 5.95. The summed E-state index contributed by atoms with van der Waals surface area (Å²) in [5.74, 6) is 1.66. The first kappa shape index (κ1) is 16.9. The lowest BCUT2D eigenvalue weighted by Gasteiger charge is -2.67. The highest BCUT2D eigenvalue weighted by molar-refractivity contribution is 6.48. The van der Waals surface area contributed by atoms with E-state index in [1.165, 1.54) is 6.42 Å². The van der Waals surface area contributed by atoms with Crippen molar-refractivity contribution in [1.82, 2.24) is 4.90 Å². The van der Waals surface area contributed by atoms with Crippen LogP contribution in [0.15, 0.2) is 0 Å². The third-order valence-corrected chi connectivity index (χ3v) is 7.96. The average Bonchev–Trinajstić information content (AvgIpc) is 3.08. The molecule has 5 unspecified atom stereocenters. The third-order valence-electron chi connectivity index (χ3n) is 7.96. The summed E-state index contributed by atoms with van der Waals surface area (Å²) in [5.41, 5.74) is -0.0826. The Balaban J connectivity index is 1.56. The molecular formula is C19H32BNO3. The van der Waals surface area contributed by atoms with Crippen LogP contribution in [0.2, 0.25) is 0 Å². The van der Waals surface area contributed by atoms with Crippen LogP contribution in [0.4, 0.5) is 0 Å². The minimum atomic E-state index is -0.251. The van der Waals surface area contributed by atoms with Crippen molar-refractivity contribution < 1.29 is 14.1 Å². The number of likely N-dealkylation sites (tertiary alicyclic amines) is 1. The molecule has 2 saturated heterocycles. The van der Waals surface area contributed by atoms with E-state index >= 15 is 0 Å². The molecule has 2 bridgehead atoms. The van der Waals surface area contributed by atoms with Crippen LogP contribution in [0.3, 0.4) is 0 Å². The second-order valence-corrected chi connectivity index (χ2v) is 9.50. The van der Waals surface area contributed by atoms with Crippen LogP contribution in [0, 0.1) is 17.3 Å². The zero-order valence-corrected chi connectivity index (χ0v) is 15.9. The van der Waals surface area contributed by atoms with Gasteiger partial charge in [0.15, 0.2) is 0 Å². The van der Waals surface area contributed by atoms with Gasteiger partial charge < -0.3 is 14.2 Å². The van der Waals surface area contributed by atoms with E-state index in [2.05, 4.69) is 34.6 Å². The fourth-order valence-electron chi connectivity index (χ4n) is 6.13. The van der Waals surface area contributed by atoms with E-state index in [0.717, 1.165) is 38.1 Å². The summed E-state index contributed by atoms with van der Waals surface area (Å²) < 4.78 is 13.2. The molecule has 24 heavy (non-hydrogen) atoms. The number of amides is 1. The van der Waals surface area contributed by atoms with Crippen LogP contribution in [0.5, 0.6) is 0 Å². The quantitative estimate of drug-likeness (QED) is 0.743. The Kier molecular flexibility index (Phi) is 3.68. The monoisotopic (exact) mass is 333 g/mol. The zero-order valence-electron chi connectivity index (χ0n) is 15.9. The Labute approximate surface area is 146 Å². The molecule has 3 aliphatic carbocycles. The van der Waals surface area contributed by atoms with E-state index in [1.807, 2.05) is 4.90 Å². The largest absolute Gasteiger partial charge is 0.482 e. The molecule has 134 valence electrons. The van der Waals surface area contributed by atoms with Crippen LogP contribution in [0.1, 0.15) is 73.1 Å². The lowest BCUT2D eigenvalue weighted by atomic mass is 9.41. The van der Waals surface area contributed by atoms with Crippen molar-refractivity contribution in [2.45, 2.75) is 90.3 Å². The predicted octanol–water partition coefficient (Wildman–Crippen LogP) is 3.44. The normalized spacial score (nSPS) is 46.0. The number of carbonyl (C=O) groups is 1. The van der Waals surface area contributed by atoms with Crippen LogP contribution < -0.4 is 0 Å². The van der Waals surface area contributed by atoms with Gasteiger partial charge in [-0.25, -0.2) is 0 Å². The SMILES string of the molecule is CCCC(=O)N1CCCC1B1OC2(C)CC3CC(C3(C)C)C2(C)O1. The Morgan fingerprint density at radius 3 is 2.67 bits per heavy atom. The van der Waals surface area contributed by atoms with Gasteiger partial charge in [-0.05, 0) is 63.2 Å². The molecule has 2 heterocycles. The lowest BCUT2D eigenvalue weighted by molar-refractivity contribution is -0.235. The molecule has 4 nitrogen and oxygen atoms in total. The van der Waals surface area contributed by atoms with Crippen LogP contribution in [-0.2, 0) is 14.1 Å². The van der Waals surface area contributed by atoms with Gasteiger partial charge in [-0.1, -0.05) is 20.8 Å². The highest BCUT2D eigenvalue weighted by Crippen LogP contribution is 2.69. The number of hydrogen-bond acceptors (Lipinski definition) is 3. The summed E-state index contributed by atoms with van der Waals surface area (Å²) in [6, 6.07) is 0. The second kappa shape index (κ2) is 5.23. The van der Waals surface area contributed by atoms with Gasteiger partial charge in [-0.3, -0.25) is 4.79 Å². The maximum absolute atomic E-state index is 12.5. The molecule has 0 aromatic heterocycles.